The van der Waals surface area contributed by atoms with Gasteiger partial charge in [0.25, 0.3) is 11.1 Å². The van der Waals surface area contributed by atoms with Crippen molar-refractivity contribution in [2.45, 2.75) is 49.1 Å². The van der Waals surface area contributed by atoms with Crippen LogP contribution in [0.4, 0.5) is 11.9 Å². The Morgan fingerprint density at radius 1 is 0.870 bits per heavy atom. The zero-order valence-electron chi connectivity index (χ0n) is 22.8. The van der Waals surface area contributed by atoms with Gasteiger partial charge in [-0.15, -0.1) is 0 Å². The fraction of sp³-hybridized carbons (Fsp3) is 0.500. The Morgan fingerprint density at radius 3 is 1.83 bits per heavy atom. The smallest absolute Gasteiger partial charge is 0.386 e. The van der Waals surface area contributed by atoms with Gasteiger partial charge in [0.05, 0.1) is 25.9 Å². The molecule has 9 N–H and O–H groups in total. The molecule has 0 saturated carbocycles. The molecule has 0 aliphatic carbocycles. The minimum Gasteiger partial charge on any atom is -0.386 e. The molecule has 4 aromatic heterocycles. The number of hydrogen-bond acceptors (Lipinski definition) is 18. The van der Waals surface area contributed by atoms with Crippen molar-refractivity contribution in [3.63, 3.8) is 0 Å². The summed E-state index contributed by atoms with van der Waals surface area (Å²) in [6.45, 7) is -9.76. The van der Waals surface area contributed by atoms with E-state index in [-0.39, 0.29) is 34.2 Å². The van der Waals surface area contributed by atoms with E-state index in [9.17, 15) is 29.3 Å². The summed E-state index contributed by atoms with van der Waals surface area (Å²) in [4.78, 5) is 56.2. The van der Waals surface area contributed by atoms with Gasteiger partial charge in [-0.05, 0) is 11.8 Å². The summed E-state index contributed by atoms with van der Waals surface area (Å²) >= 11 is 9.24. The molecule has 10 atom stereocenters. The first-order chi connectivity index (χ1) is 21.7. The van der Waals surface area contributed by atoms with Crippen LogP contribution in [0.3, 0.4) is 0 Å². The van der Waals surface area contributed by atoms with Gasteiger partial charge >= 0.3 is 13.5 Å². The maximum absolute atomic E-state index is 13.4. The van der Waals surface area contributed by atoms with Crippen molar-refractivity contribution in [3.8, 4) is 0 Å². The average molecular weight is 723 g/mol. The predicted octanol–water partition coefficient (Wildman–Crippen LogP) is -1.99. The third-order valence-corrected chi connectivity index (χ3v) is 10.6. The van der Waals surface area contributed by atoms with Gasteiger partial charge in [0.15, 0.2) is 34.8 Å². The Balaban J connectivity index is 1.18. The number of anilines is 2. The zero-order valence-corrected chi connectivity index (χ0v) is 26.3. The topological polar surface area (TPSA) is 312 Å². The van der Waals surface area contributed by atoms with Crippen LogP contribution in [-0.2, 0) is 43.9 Å². The molecular formula is C20H24N10O12P2S2. The summed E-state index contributed by atoms with van der Waals surface area (Å²) in [5.74, 6) is -0.450. The van der Waals surface area contributed by atoms with Crippen LogP contribution in [0.1, 0.15) is 12.5 Å². The SMILES string of the molecule is Nc1nc2c(ncn2C2O[C@H]3COP(O)(=S)OC4[C@H](COP(=O)(S)O[C@@H]3C2O)O[C@@H](n2cnc3c(=O)[nH]c(N)nc32)[C@H]4O)c(=O)[nH]1. The molecule has 3 aliphatic heterocycles. The first-order valence-corrected chi connectivity index (χ1v) is 18.4. The fourth-order valence-electron chi connectivity index (χ4n) is 5.39. The van der Waals surface area contributed by atoms with E-state index in [0.717, 1.165) is 0 Å². The molecule has 0 bridgehead atoms. The number of fused-ring (bicyclic) bond motifs is 4. The third kappa shape index (κ3) is 5.57. The van der Waals surface area contributed by atoms with Gasteiger partial charge in [-0.2, -0.15) is 9.97 Å². The maximum Gasteiger partial charge on any atom is 0.386 e. The molecular weight excluding hydrogens is 698 g/mol. The van der Waals surface area contributed by atoms with Gasteiger partial charge in [0.1, 0.15) is 36.6 Å². The van der Waals surface area contributed by atoms with E-state index in [1.807, 2.05) is 0 Å². The lowest BCUT2D eigenvalue weighted by atomic mass is 10.1. The normalized spacial score (nSPS) is 37.1. The Hall–Kier alpha value is -2.83. The number of aromatic nitrogens is 8. The number of thiol groups is 1. The molecule has 3 fully saturated rings. The van der Waals surface area contributed by atoms with Gasteiger partial charge in [-0.3, -0.25) is 42.3 Å². The third-order valence-electron chi connectivity index (χ3n) is 7.38. The minimum atomic E-state index is -4.35. The van der Waals surface area contributed by atoms with Crippen molar-refractivity contribution >= 4 is 71.8 Å². The largest absolute Gasteiger partial charge is 0.386 e. The molecule has 3 saturated heterocycles. The summed E-state index contributed by atoms with van der Waals surface area (Å²) in [5, 5.41) is 22.5. The Bertz CT molecular complexity index is 1910. The molecule has 0 aromatic carbocycles. The number of aromatic amines is 2. The van der Waals surface area contributed by atoms with Crippen LogP contribution in [0.5, 0.6) is 0 Å². The number of nitrogens with zero attached hydrogens (tertiary/aromatic N) is 6. The van der Waals surface area contributed by atoms with Crippen molar-refractivity contribution in [1.82, 2.24) is 39.0 Å². The Kier molecular flexibility index (Phi) is 7.87. The molecule has 0 spiro atoms. The number of aliphatic hydroxyl groups excluding tert-OH is 2. The molecule has 248 valence electrons. The minimum absolute atomic E-state index is 0.0342. The monoisotopic (exact) mass is 722 g/mol. The first-order valence-electron chi connectivity index (χ1n) is 13.1. The summed E-state index contributed by atoms with van der Waals surface area (Å²) in [6.07, 6.45) is -9.01. The zero-order chi connectivity index (χ0) is 32.7. The van der Waals surface area contributed by atoms with Gasteiger partial charge in [-0.25, -0.2) is 14.5 Å². The second-order valence-corrected chi connectivity index (χ2v) is 16.0. The van der Waals surface area contributed by atoms with Crippen molar-refractivity contribution < 1.29 is 47.2 Å². The van der Waals surface area contributed by atoms with Crippen LogP contribution in [0.2, 0.25) is 0 Å². The number of nitrogens with one attached hydrogen (secondary N) is 2. The average Bonchev–Trinajstić information content (AvgIpc) is 3.72. The van der Waals surface area contributed by atoms with Gasteiger partial charge in [0.2, 0.25) is 11.9 Å². The van der Waals surface area contributed by atoms with Crippen LogP contribution in [0.25, 0.3) is 22.3 Å². The van der Waals surface area contributed by atoms with Crippen molar-refractivity contribution in [2.75, 3.05) is 24.7 Å². The van der Waals surface area contributed by atoms with E-state index >= 15 is 0 Å². The first kappa shape index (κ1) is 31.8. The molecule has 0 amide bonds. The number of rotatable bonds is 2. The lowest BCUT2D eigenvalue weighted by Gasteiger charge is -2.29. The van der Waals surface area contributed by atoms with Gasteiger partial charge in [0, 0.05) is 0 Å². The van der Waals surface area contributed by atoms with Crippen molar-refractivity contribution in [2.24, 2.45) is 0 Å². The van der Waals surface area contributed by atoms with Crippen LogP contribution in [0.15, 0.2) is 22.2 Å². The molecule has 7 heterocycles. The van der Waals surface area contributed by atoms with E-state index in [0.29, 0.717) is 0 Å². The lowest BCUT2D eigenvalue weighted by molar-refractivity contribution is -0.0577. The molecule has 5 unspecified atom stereocenters. The molecule has 7 rings (SSSR count). The summed E-state index contributed by atoms with van der Waals surface area (Å²) < 4.78 is 50.0. The van der Waals surface area contributed by atoms with Crippen molar-refractivity contribution in [3.05, 3.63) is 33.4 Å². The molecule has 22 nitrogen and oxygen atoms in total. The van der Waals surface area contributed by atoms with Crippen LogP contribution >= 0.6 is 25.8 Å². The van der Waals surface area contributed by atoms with E-state index < -0.39 is 86.9 Å². The van der Waals surface area contributed by atoms with E-state index in [1.165, 1.54) is 21.8 Å². The van der Waals surface area contributed by atoms with Gasteiger partial charge in [-0.1, -0.05) is 12.2 Å². The second kappa shape index (κ2) is 11.4. The summed E-state index contributed by atoms with van der Waals surface area (Å²) in [6, 6.07) is 0. The summed E-state index contributed by atoms with van der Waals surface area (Å²) in [7, 11) is 0. The van der Waals surface area contributed by atoms with Crippen molar-refractivity contribution in [1.29, 1.82) is 0 Å². The van der Waals surface area contributed by atoms with Crippen LogP contribution in [0, 0.1) is 0 Å². The van der Waals surface area contributed by atoms with E-state index in [4.69, 9.17) is 50.8 Å². The highest BCUT2D eigenvalue weighted by Crippen LogP contribution is 2.58. The lowest BCUT2D eigenvalue weighted by Crippen LogP contribution is -2.38. The Labute approximate surface area is 264 Å². The standard InChI is InChI=1S/C20H24N10O12P2S2/c21-19-25-13-7(15(33)27-19)23-3-29(13)17-9(31)11-5(39-17)1-37-43(35,45)42-12-6(2-38-44(36,46)41-11)40-18(10(12)32)30-4-24-8-14(30)26-20(22)28-16(8)34/h3-6,9-12,17-18,31-32H,1-2H2,(H,35,45)(H,36,46)(H3,21,25,27,33)(H3,22,26,28,34)/t5-,6-,9-,10?,11?,12-,17+,18?,43?,44?/m0/s1. The summed E-state index contributed by atoms with van der Waals surface area (Å²) in [5.41, 5.74) is 9.79. The number of H-pyrrole nitrogens is 2. The number of aliphatic hydroxyl groups is 2. The second-order valence-electron chi connectivity index (χ2n) is 10.3. The van der Waals surface area contributed by atoms with Crippen LogP contribution < -0.4 is 22.6 Å². The molecule has 3 aliphatic rings. The highest BCUT2D eigenvalue weighted by atomic mass is 32.7. The van der Waals surface area contributed by atoms with Gasteiger partial charge < -0.3 is 40.6 Å². The number of hydrogen-bond donors (Lipinski definition) is 8. The predicted molar refractivity (Wildman–Crippen MR) is 160 cm³/mol. The van der Waals surface area contributed by atoms with Crippen LogP contribution in [-0.4, -0.2) is 104 Å². The number of ether oxygens (including phenoxy) is 2. The van der Waals surface area contributed by atoms with E-state index in [1.54, 1.807) is 0 Å². The van der Waals surface area contributed by atoms with E-state index in [2.05, 4.69) is 42.2 Å². The highest BCUT2D eigenvalue weighted by Gasteiger charge is 2.53. The quantitative estimate of drug-likeness (QED) is 0.0820. The fourth-order valence-corrected chi connectivity index (χ4v) is 8.33. The number of nitrogen functional groups attached to an aromatic ring is 2. The number of imidazole rings is 2. The maximum atomic E-state index is 13.4. The molecule has 0 radical (unpaired) electrons. The highest BCUT2D eigenvalue weighted by molar-refractivity contribution is 8.44. The molecule has 26 heteroatoms. The molecule has 46 heavy (non-hydrogen) atoms. The Morgan fingerprint density at radius 2 is 1.33 bits per heavy atom. The number of nitrogens with two attached hydrogens (primary N) is 2. The molecule has 4 aromatic rings.